The summed E-state index contributed by atoms with van der Waals surface area (Å²) in [5.41, 5.74) is 1.72. The van der Waals surface area contributed by atoms with E-state index in [1.54, 1.807) is 0 Å². The largest absolute Gasteiger partial charge is 0.298 e. The summed E-state index contributed by atoms with van der Waals surface area (Å²) in [4.78, 5) is 11.0. The number of carbonyl (C=O) groups excluding carboxylic acids is 1. The van der Waals surface area contributed by atoms with E-state index in [-0.39, 0.29) is 0 Å². The standard InChI is InChI=1S/C14H22N2O/c1-11(2)14-12(10-17)9-16(15-14)13-7-5-3-4-6-8-13/h9-11,13H,3-8H2,1-2H3. The molecule has 1 aliphatic carbocycles. The second kappa shape index (κ2) is 5.48. The molecule has 0 spiro atoms. The first-order valence-electron chi connectivity index (χ1n) is 6.76. The van der Waals surface area contributed by atoms with E-state index in [0.29, 0.717) is 12.0 Å². The van der Waals surface area contributed by atoms with Gasteiger partial charge >= 0.3 is 0 Å². The SMILES string of the molecule is CC(C)c1nn(C2CCCCCC2)cc1C=O. The molecule has 0 unspecified atom stereocenters. The summed E-state index contributed by atoms with van der Waals surface area (Å²) >= 11 is 0. The van der Waals surface area contributed by atoms with Crippen LogP contribution in [0.1, 0.15) is 80.4 Å². The Hall–Kier alpha value is -1.12. The highest BCUT2D eigenvalue weighted by Gasteiger charge is 2.18. The van der Waals surface area contributed by atoms with Gasteiger partial charge in [0.25, 0.3) is 0 Å². The first-order chi connectivity index (χ1) is 8.22. The lowest BCUT2D eigenvalue weighted by Gasteiger charge is -2.14. The van der Waals surface area contributed by atoms with Crippen molar-refractivity contribution in [2.45, 2.75) is 64.3 Å². The molecule has 2 rings (SSSR count). The topological polar surface area (TPSA) is 34.9 Å². The predicted octanol–water partition coefficient (Wildman–Crippen LogP) is 3.71. The van der Waals surface area contributed by atoms with Crippen LogP contribution < -0.4 is 0 Å². The maximum absolute atomic E-state index is 11.0. The quantitative estimate of drug-likeness (QED) is 0.590. The van der Waals surface area contributed by atoms with Gasteiger partial charge in [-0.05, 0) is 18.8 Å². The van der Waals surface area contributed by atoms with Gasteiger partial charge in [0.05, 0.1) is 17.3 Å². The number of hydrogen-bond acceptors (Lipinski definition) is 2. The molecule has 0 amide bonds. The van der Waals surface area contributed by atoms with Crippen LogP contribution in [0.4, 0.5) is 0 Å². The third kappa shape index (κ3) is 2.76. The molecule has 3 nitrogen and oxygen atoms in total. The average Bonchev–Trinajstić information content (AvgIpc) is 2.57. The number of hydrogen-bond donors (Lipinski definition) is 0. The van der Waals surface area contributed by atoms with E-state index in [2.05, 4.69) is 18.9 Å². The molecule has 0 aliphatic heterocycles. The fourth-order valence-corrected chi connectivity index (χ4v) is 2.67. The van der Waals surface area contributed by atoms with E-state index < -0.39 is 0 Å². The third-order valence-electron chi connectivity index (χ3n) is 3.66. The van der Waals surface area contributed by atoms with Crippen molar-refractivity contribution >= 4 is 6.29 Å². The molecule has 0 N–H and O–H groups in total. The first-order valence-corrected chi connectivity index (χ1v) is 6.76. The van der Waals surface area contributed by atoms with Crippen LogP contribution in [0.3, 0.4) is 0 Å². The zero-order valence-corrected chi connectivity index (χ0v) is 10.9. The second-order valence-electron chi connectivity index (χ2n) is 5.37. The van der Waals surface area contributed by atoms with Crippen molar-refractivity contribution in [3.63, 3.8) is 0 Å². The summed E-state index contributed by atoms with van der Waals surface area (Å²) in [7, 11) is 0. The summed E-state index contributed by atoms with van der Waals surface area (Å²) < 4.78 is 2.05. The fraction of sp³-hybridized carbons (Fsp3) is 0.714. The Morgan fingerprint density at radius 3 is 2.41 bits per heavy atom. The molecule has 0 atom stereocenters. The second-order valence-corrected chi connectivity index (χ2v) is 5.37. The molecule has 0 aromatic carbocycles. The smallest absolute Gasteiger partial charge is 0.153 e. The molecule has 0 bridgehead atoms. The summed E-state index contributed by atoms with van der Waals surface area (Å²) in [5.74, 6) is 0.322. The number of aldehydes is 1. The van der Waals surface area contributed by atoms with Gasteiger partial charge in [-0.3, -0.25) is 9.48 Å². The van der Waals surface area contributed by atoms with Crippen LogP contribution in [0, 0.1) is 0 Å². The molecule has 1 fully saturated rings. The summed E-state index contributed by atoms with van der Waals surface area (Å²) in [6.45, 7) is 4.18. The highest BCUT2D eigenvalue weighted by molar-refractivity contribution is 5.76. The van der Waals surface area contributed by atoms with Crippen LogP contribution >= 0.6 is 0 Å². The summed E-state index contributed by atoms with van der Waals surface area (Å²) in [6, 6.07) is 0.503. The van der Waals surface area contributed by atoms with Crippen LogP contribution in [0.2, 0.25) is 0 Å². The highest BCUT2D eigenvalue weighted by atomic mass is 16.1. The summed E-state index contributed by atoms with van der Waals surface area (Å²) in [5, 5.41) is 4.63. The van der Waals surface area contributed by atoms with Gasteiger partial charge in [-0.25, -0.2) is 0 Å². The molecular weight excluding hydrogens is 212 g/mol. The monoisotopic (exact) mass is 234 g/mol. The highest BCUT2D eigenvalue weighted by Crippen LogP contribution is 2.28. The van der Waals surface area contributed by atoms with E-state index in [9.17, 15) is 4.79 Å². The van der Waals surface area contributed by atoms with E-state index in [0.717, 1.165) is 17.5 Å². The van der Waals surface area contributed by atoms with Gasteiger partial charge in [-0.15, -0.1) is 0 Å². The van der Waals surface area contributed by atoms with Crippen LogP contribution in [0.25, 0.3) is 0 Å². The minimum absolute atomic E-state index is 0.322. The van der Waals surface area contributed by atoms with Gasteiger partial charge in [-0.2, -0.15) is 5.10 Å². The zero-order valence-electron chi connectivity index (χ0n) is 10.9. The van der Waals surface area contributed by atoms with E-state index in [1.807, 2.05) is 10.9 Å². The van der Waals surface area contributed by atoms with Crippen molar-refractivity contribution in [3.05, 3.63) is 17.5 Å². The number of aromatic nitrogens is 2. The van der Waals surface area contributed by atoms with Gasteiger partial charge in [-0.1, -0.05) is 39.5 Å². The maximum atomic E-state index is 11.0. The van der Waals surface area contributed by atoms with Gasteiger partial charge in [0, 0.05) is 6.20 Å². The molecule has 0 saturated heterocycles. The van der Waals surface area contributed by atoms with E-state index in [4.69, 9.17) is 0 Å². The van der Waals surface area contributed by atoms with Gasteiger partial charge in [0.2, 0.25) is 0 Å². The fourth-order valence-electron chi connectivity index (χ4n) is 2.67. The first kappa shape index (κ1) is 12.3. The number of nitrogens with zero attached hydrogens (tertiary/aromatic N) is 2. The lowest BCUT2D eigenvalue weighted by Crippen LogP contribution is -2.09. The minimum atomic E-state index is 0.322. The van der Waals surface area contributed by atoms with Crippen molar-refractivity contribution in [1.29, 1.82) is 0 Å². The lowest BCUT2D eigenvalue weighted by molar-refractivity contribution is 0.112. The van der Waals surface area contributed by atoms with E-state index in [1.165, 1.54) is 38.5 Å². The molecular formula is C14H22N2O. The van der Waals surface area contributed by atoms with Gasteiger partial charge < -0.3 is 0 Å². The Morgan fingerprint density at radius 1 is 1.29 bits per heavy atom. The molecule has 0 radical (unpaired) electrons. The van der Waals surface area contributed by atoms with Crippen LogP contribution in [-0.4, -0.2) is 16.1 Å². The average molecular weight is 234 g/mol. The molecule has 1 aromatic heterocycles. The molecule has 1 saturated carbocycles. The van der Waals surface area contributed by atoms with Crippen molar-refractivity contribution in [2.24, 2.45) is 0 Å². The van der Waals surface area contributed by atoms with Crippen LogP contribution in [0.15, 0.2) is 6.20 Å². The Morgan fingerprint density at radius 2 is 1.94 bits per heavy atom. The third-order valence-corrected chi connectivity index (χ3v) is 3.66. The minimum Gasteiger partial charge on any atom is -0.298 e. The van der Waals surface area contributed by atoms with Gasteiger partial charge in [0.15, 0.2) is 6.29 Å². The Labute approximate surface area is 103 Å². The molecule has 1 aromatic rings. The Bertz CT molecular complexity index is 374. The van der Waals surface area contributed by atoms with Crippen molar-refractivity contribution in [1.82, 2.24) is 9.78 Å². The number of rotatable bonds is 3. The molecule has 1 aliphatic rings. The zero-order chi connectivity index (χ0) is 12.3. The Kier molecular flexibility index (Phi) is 3.97. The Balaban J connectivity index is 2.22. The van der Waals surface area contributed by atoms with Crippen LogP contribution in [-0.2, 0) is 0 Å². The summed E-state index contributed by atoms with van der Waals surface area (Å²) in [6.07, 6.45) is 10.6. The van der Waals surface area contributed by atoms with Crippen LogP contribution in [0.5, 0.6) is 0 Å². The molecule has 94 valence electrons. The molecule has 17 heavy (non-hydrogen) atoms. The van der Waals surface area contributed by atoms with Gasteiger partial charge in [0.1, 0.15) is 0 Å². The van der Waals surface area contributed by atoms with Crippen molar-refractivity contribution in [2.75, 3.05) is 0 Å². The molecule has 3 heteroatoms. The predicted molar refractivity (Wildman–Crippen MR) is 68.4 cm³/mol. The number of carbonyl (C=O) groups is 1. The van der Waals surface area contributed by atoms with E-state index >= 15 is 0 Å². The van der Waals surface area contributed by atoms with Crippen molar-refractivity contribution in [3.8, 4) is 0 Å². The lowest BCUT2D eigenvalue weighted by atomic mass is 10.1. The molecule has 1 heterocycles. The maximum Gasteiger partial charge on any atom is 0.153 e. The van der Waals surface area contributed by atoms with Crippen molar-refractivity contribution < 1.29 is 4.79 Å². The normalized spacial score (nSPS) is 18.3.